The average Bonchev–Trinajstić information content (AvgIpc) is 2.96. The van der Waals surface area contributed by atoms with Crippen LogP contribution in [0.15, 0.2) is 49.1 Å². The van der Waals surface area contributed by atoms with Gasteiger partial charge in [-0.05, 0) is 24.0 Å². The van der Waals surface area contributed by atoms with E-state index in [1.54, 1.807) is 0 Å². The lowest BCUT2D eigenvalue weighted by atomic mass is 10.1. The standard InChI is InChI=1S/C20H30N2.2C2F6NO4S2/c1-3-5-7-13-21-15-9-19(10-16-21)20-11-17-22(18-12-20)14-8-6-4-2;2*3-1(4,5)14(10,11)9-15(12,13)2(6,7)8/h9-12,15-18H,3-8,13-14H2,1-2H3;;/q+2;2*-1. The lowest BCUT2D eigenvalue weighted by Crippen LogP contribution is -2.33. The molecule has 0 bridgehead atoms. The van der Waals surface area contributed by atoms with E-state index in [-0.39, 0.29) is 0 Å². The van der Waals surface area contributed by atoms with Crippen LogP contribution in [0, 0.1) is 0 Å². The molecule has 0 amide bonds. The lowest BCUT2D eigenvalue weighted by Gasteiger charge is -2.22. The molecule has 2 aromatic heterocycles. The van der Waals surface area contributed by atoms with Gasteiger partial charge in [0.15, 0.2) is 64.9 Å². The van der Waals surface area contributed by atoms with Crippen LogP contribution >= 0.6 is 0 Å². The Bertz CT molecular complexity index is 1630. The normalized spacial score (nSPS) is 13.4. The summed E-state index contributed by atoms with van der Waals surface area (Å²) in [7, 11) is -26.9. The summed E-state index contributed by atoms with van der Waals surface area (Å²) in [5.41, 5.74) is -22.2. The van der Waals surface area contributed by atoms with Gasteiger partial charge in [-0.2, -0.15) is 52.7 Å². The molecule has 0 fully saturated rings. The molecule has 0 unspecified atom stereocenters. The molecule has 0 aromatic carbocycles. The van der Waals surface area contributed by atoms with E-state index in [4.69, 9.17) is 0 Å². The molecule has 0 saturated heterocycles. The molecular formula is C24H30F12N4O8S4. The zero-order valence-electron chi connectivity index (χ0n) is 26.5. The van der Waals surface area contributed by atoms with Crippen LogP contribution in [0.2, 0.25) is 0 Å². The molecule has 2 rings (SSSR count). The van der Waals surface area contributed by atoms with Crippen LogP contribution in [0.4, 0.5) is 52.7 Å². The number of halogens is 12. The number of hydrogen-bond acceptors (Lipinski definition) is 8. The van der Waals surface area contributed by atoms with E-state index in [0.29, 0.717) is 0 Å². The van der Waals surface area contributed by atoms with Crippen molar-refractivity contribution in [1.29, 1.82) is 0 Å². The molecule has 0 spiro atoms. The third-order valence-corrected chi connectivity index (χ3v) is 11.2. The number of alkyl halides is 12. The van der Waals surface area contributed by atoms with E-state index in [1.807, 2.05) is 0 Å². The Labute approximate surface area is 291 Å². The van der Waals surface area contributed by atoms with Crippen LogP contribution in [0.25, 0.3) is 19.4 Å². The second kappa shape index (κ2) is 19.0. The zero-order valence-corrected chi connectivity index (χ0v) is 29.8. The van der Waals surface area contributed by atoms with E-state index < -0.39 is 62.1 Å². The minimum Gasteiger partial charge on any atom is -0.421 e. The van der Waals surface area contributed by atoms with Crippen molar-refractivity contribution in [3.05, 3.63) is 57.3 Å². The van der Waals surface area contributed by atoms with Gasteiger partial charge in [-0.25, -0.2) is 42.8 Å². The van der Waals surface area contributed by atoms with Crippen molar-refractivity contribution in [2.45, 2.75) is 87.5 Å². The van der Waals surface area contributed by atoms with Crippen molar-refractivity contribution in [3.8, 4) is 11.1 Å². The highest BCUT2D eigenvalue weighted by Gasteiger charge is 2.48. The maximum Gasteiger partial charge on any atom is 0.480 e. The second-order valence-electron chi connectivity index (χ2n) is 9.90. The fraction of sp³-hybridized carbons (Fsp3) is 0.583. The van der Waals surface area contributed by atoms with E-state index in [2.05, 4.69) is 72.0 Å². The summed E-state index contributed by atoms with van der Waals surface area (Å²) < 4.78 is 223. The van der Waals surface area contributed by atoms with Gasteiger partial charge in [0.1, 0.15) is 13.1 Å². The highest BCUT2D eigenvalue weighted by Crippen LogP contribution is 2.37. The Morgan fingerprint density at radius 3 is 0.827 bits per heavy atom. The molecule has 0 aliphatic rings. The monoisotopic (exact) mass is 858 g/mol. The highest BCUT2D eigenvalue weighted by atomic mass is 32.3. The third kappa shape index (κ3) is 16.0. The summed E-state index contributed by atoms with van der Waals surface area (Å²) in [6.45, 7) is 6.75. The van der Waals surface area contributed by atoms with Crippen LogP contribution in [-0.4, -0.2) is 55.7 Å². The quantitative estimate of drug-likeness (QED) is 0.126. The van der Waals surface area contributed by atoms with Gasteiger partial charge in [0, 0.05) is 37.1 Å². The number of pyridine rings is 2. The molecule has 52 heavy (non-hydrogen) atoms. The summed E-state index contributed by atoms with van der Waals surface area (Å²) >= 11 is 0. The Kier molecular flexibility index (Phi) is 17.9. The van der Waals surface area contributed by atoms with E-state index in [0.717, 1.165) is 21.3 Å². The van der Waals surface area contributed by atoms with Gasteiger partial charge in [-0.15, -0.1) is 0 Å². The second-order valence-corrected chi connectivity index (χ2v) is 16.7. The van der Waals surface area contributed by atoms with Crippen molar-refractivity contribution >= 4 is 40.1 Å². The Morgan fingerprint density at radius 2 is 0.654 bits per heavy atom. The number of rotatable bonds is 13. The SMILES string of the molecule is CCCCC[n+]1ccc(-c2cc[n+](CCCCC)cc2)cc1.O=S(=O)([N-]S(=O)(=O)C(F)(F)F)C(F)(F)F.O=S(=O)([N-]S(=O)(=O)C(F)(F)F)C(F)(F)F. The van der Waals surface area contributed by atoms with Crippen LogP contribution < -0.4 is 9.13 Å². The fourth-order valence-corrected chi connectivity index (χ4v) is 6.53. The van der Waals surface area contributed by atoms with Crippen molar-refractivity contribution in [2.75, 3.05) is 0 Å². The molecule has 0 saturated carbocycles. The number of aryl methyl sites for hydroxylation is 2. The molecule has 0 N–H and O–H groups in total. The molecule has 302 valence electrons. The first-order valence-electron chi connectivity index (χ1n) is 14.0. The van der Waals surface area contributed by atoms with Crippen molar-refractivity contribution in [1.82, 2.24) is 0 Å². The number of unbranched alkanes of at least 4 members (excludes halogenated alkanes) is 4. The molecule has 0 aliphatic carbocycles. The first-order valence-corrected chi connectivity index (χ1v) is 19.7. The van der Waals surface area contributed by atoms with Gasteiger partial charge < -0.3 is 8.25 Å². The molecule has 2 heterocycles. The van der Waals surface area contributed by atoms with Crippen LogP contribution in [0.3, 0.4) is 0 Å². The first-order chi connectivity index (χ1) is 23.2. The van der Waals surface area contributed by atoms with Crippen molar-refractivity contribution in [2.24, 2.45) is 0 Å². The predicted octanol–water partition coefficient (Wildman–Crippen LogP) is 6.43. The maximum atomic E-state index is 11.4. The predicted molar refractivity (Wildman–Crippen MR) is 158 cm³/mol. The molecule has 2 aromatic rings. The van der Waals surface area contributed by atoms with Gasteiger partial charge in [0.25, 0.3) is 0 Å². The van der Waals surface area contributed by atoms with Gasteiger partial charge in [0.2, 0.25) is 0 Å². The Balaban J connectivity index is 0.000000777. The molecular weight excluding hydrogens is 829 g/mol. The molecule has 12 nitrogen and oxygen atoms in total. The number of sulfonamides is 4. The van der Waals surface area contributed by atoms with E-state index in [9.17, 15) is 86.4 Å². The van der Waals surface area contributed by atoms with E-state index >= 15 is 0 Å². The minimum atomic E-state index is -6.72. The Hall–Kier alpha value is -2.82. The first kappa shape index (κ1) is 49.2. The summed E-state index contributed by atoms with van der Waals surface area (Å²) in [5, 5.41) is 0. The van der Waals surface area contributed by atoms with Crippen molar-refractivity contribution in [3.63, 3.8) is 0 Å². The third-order valence-electron chi connectivity index (χ3n) is 5.72. The topological polar surface area (TPSA) is 173 Å². The summed E-state index contributed by atoms with van der Waals surface area (Å²) in [6, 6.07) is 8.90. The van der Waals surface area contributed by atoms with Gasteiger partial charge >= 0.3 is 22.0 Å². The zero-order chi connectivity index (χ0) is 41.0. The Morgan fingerprint density at radius 1 is 0.442 bits per heavy atom. The van der Waals surface area contributed by atoms with E-state index in [1.165, 1.54) is 49.7 Å². The average molecular weight is 859 g/mol. The van der Waals surface area contributed by atoms with Crippen molar-refractivity contribution < 1.29 is 95.5 Å². The van der Waals surface area contributed by atoms with Crippen LogP contribution in [-0.2, 0) is 53.2 Å². The minimum absolute atomic E-state index is 0.778. The highest BCUT2D eigenvalue weighted by molar-refractivity contribution is 8.13. The number of hydrogen-bond donors (Lipinski definition) is 0. The van der Waals surface area contributed by atoms with Gasteiger partial charge in [0.05, 0.1) is 0 Å². The largest absolute Gasteiger partial charge is 0.480 e. The molecule has 0 radical (unpaired) electrons. The summed E-state index contributed by atoms with van der Waals surface area (Å²) in [6.07, 6.45) is 16.5. The van der Waals surface area contributed by atoms with Crippen LogP contribution in [0.1, 0.15) is 52.4 Å². The smallest absolute Gasteiger partial charge is 0.421 e. The molecule has 0 aliphatic heterocycles. The lowest BCUT2D eigenvalue weighted by molar-refractivity contribution is -0.697. The number of nitrogens with zero attached hydrogens (tertiary/aromatic N) is 4. The number of aromatic nitrogens is 2. The summed E-state index contributed by atoms with van der Waals surface area (Å²) in [5.74, 6) is 0. The van der Waals surface area contributed by atoms with Gasteiger partial charge in [-0.1, -0.05) is 26.7 Å². The molecule has 28 heteroatoms. The van der Waals surface area contributed by atoms with Gasteiger partial charge in [-0.3, -0.25) is 0 Å². The maximum absolute atomic E-state index is 11.4. The van der Waals surface area contributed by atoms with Crippen LogP contribution in [0.5, 0.6) is 0 Å². The molecule has 0 atom stereocenters. The summed E-state index contributed by atoms with van der Waals surface area (Å²) in [4.78, 5) is 0. The fourth-order valence-electron chi connectivity index (χ4n) is 3.11.